The Morgan fingerprint density at radius 3 is 2.52 bits per heavy atom. The Labute approximate surface area is 126 Å². The first kappa shape index (κ1) is 13.8. The zero-order chi connectivity index (χ0) is 14.7. The van der Waals surface area contributed by atoms with Crippen molar-refractivity contribution in [3.05, 3.63) is 83.4 Å². The number of fused-ring (bicyclic) bond motifs is 1. The van der Waals surface area contributed by atoms with Crippen molar-refractivity contribution >= 4 is 10.8 Å². The van der Waals surface area contributed by atoms with Gasteiger partial charge in [-0.15, -0.1) is 0 Å². The van der Waals surface area contributed by atoms with Crippen LogP contribution in [-0.4, -0.2) is 0 Å². The summed E-state index contributed by atoms with van der Waals surface area (Å²) in [5.41, 5.74) is 10.4. The van der Waals surface area contributed by atoms with Crippen molar-refractivity contribution in [2.24, 2.45) is 5.73 Å². The van der Waals surface area contributed by atoms with Crippen LogP contribution >= 0.6 is 0 Å². The van der Waals surface area contributed by atoms with Crippen LogP contribution in [0.3, 0.4) is 0 Å². The van der Waals surface area contributed by atoms with E-state index in [1.807, 2.05) is 0 Å². The van der Waals surface area contributed by atoms with E-state index in [0.717, 1.165) is 12.8 Å². The number of aryl methyl sites for hydroxylation is 2. The SMILES string of the molecule is Cc1cccc(CCC(N)c2cccc3ccccc23)c1. The van der Waals surface area contributed by atoms with Crippen molar-refractivity contribution in [3.63, 3.8) is 0 Å². The summed E-state index contributed by atoms with van der Waals surface area (Å²) < 4.78 is 0. The van der Waals surface area contributed by atoms with Crippen LogP contribution in [0.2, 0.25) is 0 Å². The zero-order valence-electron chi connectivity index (χ0n) is 12.4. The molecule has 21 heavy (non-hydrogen) atoms. The molecule has 0 saturated heterocycles. The molecule has 0 fully saturated rings. The summed E-state index contributed by atoms with van der Waals surface area (Å²) in [6.07, 6.45) is 1.99. The highest BCUT2D eigenvalue weighted by atomic mass is 14.6. The second-order valence-electron chi connectivity index (χ2n) is 5.70. The number of rotatable bonds is 4. The molecule has 1 nitrogen and oxygen atoms in total. The fourth-order valence-electron chi connectivity index (χ4n) is 2.92. The van der Waals surface area contributed by atoms with Crippen molar-refractivity contribution in [2.75, 3.05) is 0 Å². The molecule has 0 aliphatic rings. The minimum Gasteiger partial charge on any atom is -0.324 e. The van der Waals surface area contributed by atoms with E-state index in [2.05, 4.69) is 73.7 Å². The van der Waals surface area contributed by atoms with E-state index in [4.69, 9.17) is 5.73 Å². The quantitative estimate of drug-likeness (QED) is 0.728. The smallest absolute Gasteiger partial charge is 0.0304 e. The molecule has 106 valence electrons. The highest BCUT2D eigenvalue weighted by molar-refractivity contribution is 5.86. The Hall–Kier alpha value is -2.12. The summed E-state index contributed by atoms with van der Waals surface area (Å²) >= 11 is 0. The van der Waals surface area contributed by atoms with Gasteiger partial charge in [0.15, 0.2) is 0 Å². The molecule has 3 rings (SSSR count). The molecule has 0 aliphatic heterocycles. The van der Waals surface area contributed by atoms with Gasteiger partial charge in [0.2, 0.25) is 0 Å². The molecule has 1 unspecified atom stereocenters. The summed E-state index contributed by atoms with van der Waals surface area (Å²) in [7, 11) is 0. The van der Waals surface area contributed by atoms with Crippen molar-refractivity contribution in [3.8, 4) is 0 Å². The van der Waals surface area contributed by atoms with Crippen LogP contribution in [0, 0.1) is 6.92 Å². The second-order valence-corrected chi connectivity index (χ2v) is 5.70. The van der Waals surface area contributed by atoms with Gasteiger partial charge in [0.05, 0.1) is 0 Å². The Kier molecular flexibility index (Phi) is 4.03. The van der Waals surface area contributed by atoms with Crippen LogP contribution in [0.1, 0.15) is 29.2 Å². The van der Waals surface area contributed by atoms with Crippen molar-refractivity contribution < 1.29 is 0 Å². The standard InChI is InChI=1S/C20H21N/c1-15-6-4-7-16(14-15)12-13-20(21)19-11-5-9-17-8-2-3-10-18(17)19/h2-11,14,20H,12-13,21H2,1H3. The van der Waals surface area contributed by atoms with Crippen LogP contribution in [0.4, 0.5) is 0 Å². The lowest BCUT2D eigenvalue weighted by Crippen LogP contribution is -2.11. The van der Waals surface area contributed by atoms with Gasteiger partial charge in [0.25, 0.3) is 0 Å². The first-order valence-corrected chi connectivity index (χ1v) is 7.53. The van der Waals surface area contributed by atoms with Crippen LogP contribution in [0.5, 0.6) is 0 Å². The average molecular weight is 275 g/mol. The van der Waals surface area contributed by atoms with E-state index in [1.54, 1.807) is 0 Å². The Balaban J connectivity index is 1.79. The molecule has 1 heteroatoms. The third kappa shape index (κ3) is 3.14. The van der Waals surface area contributed by atoms with Crippen LogP contribution < -0.4 is 5.73 Å². The fourth-order valence-corrected chi connectivity index (χ4v) is 2.92. The second kappa shape index (κ2) is 6.11. The molecule has 3 aromatic rings. The highest BCUT2D eigenvalue weighted by Gasteiger charge is 2.09. The number of nitrogens with two attached hydrogens (primary N) is 1. The van der Waals surface area contributed by atoms with Crippen LogP contribution in [0.15, 0.2) is 66.7 Å². The maximum Gasteiger partial charge on any atom is 0.0304 e. The lowest BCUT2D eigenvalue weighted by molar-refractivity contribution is 0.655. The van der Waals surface area contributed by atoms with Crippen molar-refractivity contribution in [1.82, 2.24) is 0 Å². The molecule has 3 aromatic carbocycles. The van der Waals surface area contributed by atoms with E-state index in [-0.39, 0.29) is 6.04 Å². The topological polar surface area (TPSA) is 26.0 Å². The lowest BCUT2D eigenvalue weighted by Gasteiger charge is -2.15. The molecule has 0 aromatic heterocycles. The molecule has 0 aliphatic carbocycles. The maximum atomic E-state index is 6.45. The summed E-state index contributed by atoms with van der Waals surface area (Å²) in [6.45, 7) is 2.13. The molecular formula is C20H21N. The van der Waals surface area contributed by atoms with E-state index in [9.17, 15) is 0 Å². The van der Waals surface area contributed by atoms with Gasteiger partial charge in [0, 0.05) is 6.04 Å². The third-order valence-corrected chi connectivity index (χ3v) is 4.05. The first-order valence-electron chi connectivity index (χ1n) is 7.53. The summed E-state index contributed by atoms with van der Waals surface area (Å²) in [5.74, 6) is 0. The van der Waals surface area contributed by atoms with Gasteiger partial charge < -0.3 is 5.73 Å². The van der Waals surface area contributed by atoms with Crippen LogP contribution in [-0.2, 0) is 6.42 Å². The van der Waals surface area contributed by atoms with Gasteiger partial charge in [-0.2, -0.15) is 0 Å². The summed E-state index contributed by atoms with van der Waals surface area (Å²) in [4.78, 5) is 0. The average Bonchev–Trinajstić information content (AvgIpc) is 2.52. The lowest BCUT2D eigenvalue weighted by atomic mass is 9.95. The minimum atomic E-state index is 0.0802. The van der Waals surface area contributed by atoms with Crippen molar-refractivity contribution in [2.45, 2.75) is 25.8 Å². The Morgan fingerprint density at radius 2 is 1.67 bits per heavy atom. The largest absolute Gasteiger partial charge is 0.324 e. The predicted octanol–water partition coefficient (Wildman–Crippen LogP) is 4.78. The molecule has 0 radical (unpaired) electrons. The van der Waals surface area contributed by atoms with Crippen molar-refractivity contribution in [1.29, 1.82) is 0 Å². The molecule has 0 saturated carbocycles. The van der Waals surface area contributed by atoms with E-state index in [1.165, 1.54) is 27.5 Å². The van der Waals surface area contributed by atoms with Crippen LogP contribution in [0.25, 0.3) is 10.8 Å². The number of benzene rings is 3. The molecule has 0 spiro atoms. The number of hydrogen-bond acceptors (Lipinski definition) is 1. The summed E-state index contributed by atoms with van der Waals surface area (Å²) in [5, 5.41) is 2.54. The fraction of sp³-hybridized carbons (Fsp3) is 0.200. The normalized spacial score (nSPS) is 12.5. The monoisotopic (exact) mass is 275 g/mol. The molecule has 0 heterocycles. The van der Waals surface area contributed by atoms with Gasteiger partial charge >= 0.3 is 0 Å². The highest BCUT2D eigenvalue weighted by Crippen LogP contribution is 2.25. The number of hydrogen-bond donors (Lipinski definition) is 1. The van der Waals surface area contributed by atoms with E-state index >= 15 is 0 Å². The third-order valence-electron chi connectivity index (χ3n) is 4.05. The molecule has 2 N–H and O–H groups in total. The molecular weight excluding hydrogens is 254 g/mol. The Bertz CT molecular complexity index is 740. The summed E-state index contributed by atoms with van der Waals surface area (Å²) in [6, 6.07) is 23.6. The first-order chi connectivity index (χ1) is 10.2. The van der Waals surface area contributed by atoms with Gasteiger partial charge in [0.1, 0.15) is 0 Å². The molecule has 0 amide bonds. The van der Waals surface area contributed by atoms with E-state index < -0.39 is 0 Å². The minimum absolute atomic E-state index is 0.0802. The predicted molar refractivity (Wildman–Crippen MR) is 90.4 cm³/mol. The Morgan fingerprint density at radius 1 is 0.905 bits per heavy atom. The van der Waals surface area contributed by atoms with Gasteiger partial charge in [-0.05, 0) is 41.7 Å². The van der Waals surface area contributed by atoms with Gasteiger partial charge in [-0.25, -0.2) is 0 Å². The van der Waals surface area contributed by atoms with Gasteiger partial charge in [-0.3, -0.25) is 0 Å². The maximum absolute atomic E-state index is 6.45. The van der Waals surface area contributed by atoms with E-state index in [0.29, 0.717) is 0 Å². The molecule has 1 atom stereocenters. The van der Waals surface area contributed by atoms with Gasteiger partial charge in [-0.1, -0.05) is 72.3 Å². The zero-order valence-corrected chi connectivity index (χ0v) is 12.4. The molecule has 0 bridgehead atoms.